The molecule has 0 amide bonds. The van der Waals surface area contributed by atoms with Crippen molar-refractivity contribution in [2.75, 3.05) is 5.75 Å². The molecule has 0 aromatic rings. The zero-order chi connectivity index (χ0) is 22.7. The molecule has 0 radical (unpaired) electrons. The van der Waals surface area contributed by atoms with E-state index in [1.807, 2.05) is 0 Å². The van der Waals surface area contributed by atoms with Crippen LogP contribution in [0.5, 0.6) is 0 Å². The number of alkyl halides is 3. The van der Waals surface area contributed by atoms with E-state index in [0.29, 0.717) is 32.1 Å². The molecule has 0 aromatic carbocycles. The van der Waals surface area contributed by atoms with Crippen LogP contribution in [0, 0.1) is 22.7 Å². The number of hydrogen-bond donors (Lipinski definition) is 0. The van der Waals surface area contributed by atoms with Gasteiger partial charge in [0.25, 0.3) is 0 Å². The Morgan fingerprint density at radius 1 is 1.16 bits per heavy atom. The number of fused-ring (bicyclic) bond motifs is 4. The van der Waals surface area contributed by atoms with Gasteiger partial charge in [-0.2, -0.15) is 13.2 Å². The van der Waals surface area contributed by atoms with E-state index in [9.17, 15) is 22.8 Å². The quantitative estimate of drug-likeness (QED) is 0.420. The van der Waals surface area contributed by atoms with Crippen LogP contribution in [0.4, 0.5) is 13.2 Å². The van der Waals surface area contributed by atoms with Gasteiger partial charge in [-0.05, 0) is 50.5 Å². The maximum absolute atomic E-state index is 13.3. The Kier molecular flexibility index (Phi) is 4.27. The molecule has 5 fully saturated rings. The highest BCUT2D eigenvalue weighted by Gasteiger charge is 2.83. The predicted molar refractivity (Wildman–Crippen MR) is 112 cm³/mol. The molecule has 2 aliphatic heterocycles. The van der Waals surface area contributed by atoms with Crippen molar-refractivity contribution in [3.05, 3.63) is 11.6 Å². The summed E-state index contributed by atoms with van der Waals surface area (Å²) in [4.78, 5) is 24.4. The van der Waals surface area contributed by atoms with Gasteiger partial charge in [0.1, 0.15) is 11.2 Å². The van der Waals surface area contributed by atoms with Crippen LogP contribution >= 0.6 is 11.8 Å². The van der Waals surface area contributed by atoms with Gasteiger partial charge in [0.15, 0.2) is 5.78 Å². The van der Waals surface area contributed by atoms with Gasteiger partial charge in [0.2, 0.25) is 0 Å². The zero-order valence-electron chi connectivity index (χ0n) is 18.4. The fourth-order valence-electron chi connectivity index (χ4n) is 8.60. The average molecular weight is 471 g/mol. The number of thioether (sulfide) groups is 1. The first-order valence-corrected chi connectivity index (χ1v) is 12.8. The maximum atomic E-state index is 13.3. The lowest BCUT2D eigenvalue weighted by Gasteiger charge is -2.59. The van der Waals surface area contributed by atoms with E-state index in [-0.39, 0.29) is 45.8 Å². The molecule has 2 spiro atoms. The van der Waals surface area contributed by atoms with E-state index in [1.165, 1.54) is 0 Å². The summed E-state index contributed by atoms with van der Waals surface area (Å²) in [6, 6.07) is 0. The molecule has 3 unspecified atom stereocenters. The molecule has 0 bridgehead atoms. The summed E-state index contributed by atoms with van der Waals surface area (Å²) in [5.41, 5.74) is -0.621. The number of hydrogen-bond acceptors (Lipinski definition) is 5. The first-order chi connectivity index (χ1) is 14.9. The molecule has 6 rings (SSSR count). The highest BCUT2D eigenvalue weighted by atomic mass is 32.2. The Morgan fingerprint density at radius 3 is 2.62 bits per heavy atom. The average Bonchev–Trinajstić information content (AvgIpc) is 3.19. The lowest BCUT2D eigenvalue weighted by atomic mass is 9.46. The Hall–Kier alpha value is -1.02. The molecule has 8 heteroatoms. The fraction of sp³-hybridized carbons (Fsp3) is 0.833. The highest BCUT2D eigenvalue weighted by molar-refractivity contribution is 8.00. The maximum Gasteiger partial charge on any atom is 0.397 e. The highest BCUT2D eigenvalue weighted by Crippen LogP contribution is 2.78. The molecular formula is C24H29F3O4S. The van der Waals surface area contributed by atoms with Crippen molar-refractivity contribution in [1.82, 2.24) is 0 Å². The van der Waals surface area contributed by atoms with Gasteiger partial charge in [-0.1, -0.05) is 19.4 Å². The third-order valence-corrected chi connectivity index (χ3v) is 11.5. The Balaban J connectivity index is 1.43. The van der Waals surface area contributed by atoms with E-state index in [0.717, 1.165) is 36.6 Å². The minimum atomic E-state index is -4.24. The summed E-state index contributed by atoms with van der Waals surface area (Å²) >= 11 is 0.985. The van der Waals surface area contributed by atoms with Crippen molar-refractivity contribution in [2.45, 2.75) is 93.9 Å². The molecule has 0 aromatic heterocycles. The van der Waals surface area contributed by atoms with Crippen molar-refractivity contribution in [2.24, 2.45) is 22.7 Å². The topological polar surface area (TPSA) is 55.9 Å². The lowest BCUT2D eigenvalue weighted by Crippen LogP contribution is -2.63. The van der Waals surface area contributed by atoms with E-state index in [4.69, 9.17) is 9.47 Å². The SMILES string of the molecule is C[C@]12CCC(=O)C=C1C[C@@H](SCC(F)(F)F)C1C3CC[C@@]4(CCC(=O)O4)[C@@]3(C)C[C@@H]3OC132. The van der Waals surface area contributed by atoms with Crippen LogP contribution in [-0.2, 0) is 19.1 Å². The summed E-state index contributed by atoms with van der Waals surface area (Å²) in [6.45, 7) is 4.37. The van der Waals surface area contributed by atoms with Crippen LogP contribution in [0.2, 0.25) is 0 Å². The largest absolute Gasteiger partial charge is 0.458 e. The summed E-state index contributed by atoms with van der Waals surface area (Å²) in [5, 5.41) is -0.260. The third-order valence-electron chi connectivity index (χ3n) is 10.1. The van der Waals surface area contributed by atoms with Gasteiger partial charge in [-0.15, -0.1) is 11.8 Å². The third kappa shape index (κ3) is 2.57. The smallest absolute Gasteiger partial charge is 0.397 e. The molecule has 32 heavy (non-hydrogen) atoms. The molecule has 2 saturated heterocycles. The number of ketones is 1. The van der Waals surface area contributed by atoms with Crippen LogP contribution in [0.3, 0.4) is 0 Å². The molecule has 0 N–H and O–H groups in total. The monoisotopic (exact) mass is 470 g/mol. The second kappa shape index (κ2) is 6.35. The summed E-state index contributed by atoms with van der Waals surface area (Å²) in [7, 11) is 0. The molecule has 4 nitrogen and oxygen atoms in total. The molecule has 176 valence electrons. The lowest BCUT2D eigenvalue weighted by molar-refractivity contribution is -0.164. The van der Waals surface area contributed by atoms with Crippen molar-refractivity contribution < 1.29 is 32.2 Å². The number of rotatable bonds is 2. The first-order valence-electron chi connectivity index (χ1n) is 11.8. The summed E-state index contributed by atoms with van der Waals surface area (Å²) in [5.74, 6) is -0.866. The van der Waals surface area contributed by atoms with Gasteiger partial charge >= 0.3 is 12.1 Å². The number of epoxide rings is 1. The fourth-order valence-corrected chi connectivity index (χ4v) is 9.90. The molecule has 8 atom stereocenters. The molecular weight excluding hydrogens is 441 g/mol. The van der Waals surface area contributed by atoms with Crippen LogP contribution in [0.15, 0.2) is 11.6 Å². The number of carbonyl (C=O) groups is 2. The molecule has 6 aliphatic rings. The van der Waals surface area contributed by atoms with Gasteiger partial charge < -0.3 is 9.47 Å². The standard InChI is InChI=1S/C24H29F3O4S/c1-20-6-3-14(28)9-13(20)10-16(32-12-23(25,26)27)19-15-4-7-22(8-5-18(29)31-22)21(15,2)11-17-24(19,20)30-17/h9,15-17,19H,3-8,10-12H2,1-2H3/t15?,16-,17+,19?,20+,21+,22-,24?/m1/s1. The van der Waals surface area contributed by atoms with Crippen molar-refractivity contribution in [1.29, 1.82) is 0 Å². The minimum absolute atomic E-state index is 0.0346. The van der Waals surface area contributed by atoms with E-state index >= 15 is 0 Å². The summed E-state index contributed by atoms with van der Waals surface area (Å²) in [6.07, 6.45) is 2.60. The number of carbonyl (C=O) groups excluding carboxylic acids is 2. The summed E-state index contributed by atoms with van der Waals surface area (Å²) < 4.78 is 52.3. The van der Waals surface area contributed by atoms with Crippen molar-refractivity contribution in [3.63, 3.8) is 0 Å². The molecule has 4 aliphatic carbocycles. The van der Waals surface area contributed by atoms with Crippen LogP contribution in [0.1, 0.15) is 65.2 Å². The normalized spacial score (nSPS) is 51.5. The number of esters is 1. The second-order valence-electron chi connectivity index (χ2n) is 11.3. The molecule has 2 heterocycles. The van der Waals surface area contributed by atoms with Crippen LogP contribution in [-0.4, -0.2) is 46.2 Å². The van der Waals surface area contributed by atoms with Crippen molar-refractivity contribution in [3.8, 4) is 0 Å². The minimum Gasteiger partial charge on any atom is -0.458 e. The number of ether oxygens (including phenoxy) is 2. The van der Waals surface area contributed by atoms with Gasteiger partial charge in [0, 0.05) is 34.8 Å². The van der Waals surface area contributed by atoms with E-state index in [1.54, 1.807) is 6.08 Å². The van der Waals surface area contributed by atoms with Gasteiger partial charge in [-0.25, -0.2) is 0 Å². The second-order valence-corrected chi connectivity index (χ2v) is 12.5. The van der Waals surface area contributed by atoms with E-state index in [2.05, 4.69) is 13.8 Å². The zero-order valence-corrected chi connectivity index (χ0v) is 19.2. The first kappa shape index (κ1) is 21.5. The number of halogens is 3. The van der Waals surface area contributed by atoms with Crippen molar-refractivity contribution >= 4 is 23.5 Å². The van der Waals surface area contributed by atoms with E-state index < -0.39 is 23.1 Å². The van der Waals surface area contributed by atoms with Crippen LogP contribution < -0.4 is 0 Å². The Labute approximate surface area is 190 Å². The Morgan fingerprint density at radius 2 is 1.94 bits per heavy atom. The molecule has 3 saturated carbocycles. The van der Waals surface area contributed by atoms with Gasteiger partial charge in [0.05, 0.1) is 11.9 Å². The van der Waals surface area contributed by atoms with Gasteiger partial charge in [-0.3, -0.25) is 9.59 Å². The Bertz CT molecular complexity index is 933. The van der Waals surface area contributed by atoms with Crippen LogP contribution in [0.25, 0.3) is 0 Å². The predicted octanol–water partition coefficient (Wildman–Crippen LogP) is 5.00.